The minimum absolute atomic E-state index is 0.219. The number of aromatic carboxylic acids is 1. The molecule has 0 heterocycles. The summed E-state index contributed by atoms with van der Waals surface area (Å²) in [6, 6.07) is 12.2. The molecule has 0 atom stereocenters. The van der Waals surface area contributed by atoms with Crippen LogP contribution >= 0.6 is 11.6 Å². The predicted octanol–water partition coefficient (Wildman–Crippen LogP) is 3.93. The molecule has 1 N–H and O–H groups in total. The van der Waals surface area contributed by atoms with Crippen molar-refractivity contribution in [3.05, 3.63) is 64.2 Å². The van der Waals surface area contributed by atoms with Crippen LogP contribution in [0.15, 0.2) is 42.5 Å². The van der Waals surface area contributed by atoms with Gasteiger partial charge in [0.15, 0.2) is 0 Å². The van der Waals surface area contributed by atoms with E-state index in [1.165, 1.54) is 6.07 Å². The zero-order valence-electron chi connectivity index (χ0n) is 10.4. The summed E-state index contributed by atoms with van der Waals surface area (Å²) in [5.74, 6) is -0.383. The number of ether oxygens (including phenoxy) is 1. The van der Waals surface area contributed by atoms with Crippen LogP contribution in [0, 0.1) is 6.92 Å². The van der Waals surface area contributed by atoms with E-state index in [-0.39, 0.29) is 5.56 Å². The Balaban J connectivity index is 2.12. The van der Waals surface area contributed by atoms with Crippen molar-refractivity contribution in [1.82, 2.24) is 0 Å². The lowest BCUT2D eigenvalue weighted by atomic mass is 10.1. The molecule has 0 aromatic heterocycles. The maximum atomic E-state index is 10.9. The molecule has 19 heavy (non-hydrogen) atoms. The van der Waals surface area contributed by atoms with Crippen LogP contribution in [0.1, 0.15) is 21.5 Å². The Morgan fingerprint density at radius 2 is 1.89 bits per heavy atom. The number of hydrogen-bond donors (Lipinski definition) is 1. The third kappa shape index (κ3) is 3.48. The number of carboxylic acid groups (broad SMARTS) is 1. The van der Waals surface area contributed by atoms with Crippen molar-refractivity contribution >= 4 is 17.6 Å². The lowest BCUT2D eigenvalue weighted by Crippen LogP contribution is -2.01. The lowest BCUT2D eigenvalue weighted by Gasteiger charge is -2.10. The normalized spacial score (nSPS) is 10.2. The van der Waals surface area contributed by atoms with E-state index in [0.717, 1.165) is 11.1 Å². The van der Waals surface area contributed by atoms with Gasteiger partial charge >= 0.3 is 5.97 Å². The first-order valence-corrected chi connectivity index (χ1v) is 6.15. The summed E-state index contributed by atoms with van der Waals surface area (Å²) in [7, 11) is 0. The molecule has 2 aromatic carbocycles. The average Bonchev–Trinajstić information content (AvgIpc) is 2.39. The standard InChI is InChI=1S/C15H13ClO3/c1-10-2-5-12(15(17)18)8-14(10)19-9-11-3-6-13(16)7-4-11/h2-8H,9H2,1H3,(H,17,18). The van der Waals surface area contributed by atoms with E-state index in [1.54, 1.807) is 24.3 Å². The highest BCUT2D eigenvalue weighted by Gasteiger charge is 2.07. The SMILES string of the molecule is Cc1ccc(C(=O)O)cc1OCc1ccc(Cl)cc1. The van der Waals surface area contributed by atoms with Crippen molar-refractivity contribution in [3.8, 4) is 5.75 Å². The summed E-state index contributed by atoms with van der Waals surface area (Å²) < 4.78 is 5.65. The molecule has 0 bridgehead atoms. The molecule has 98 valence electrons. The second-order valence-corrected chi connectivity index (χ2v) is 4.64. The lowest BCUT2D eigenvalue weighted by molar-refractivity contribution is 0.0696. The topological polar surface area (TPSA) is 46.5 Å². The van der Waals surface area contributed by atoms with Gasteiger partial charge in [-0.25, -0.2) is 4.79 Å². The second-order valence-electron chi connectivity index (χ2n) is 4.20. The molecule has 2 aromatic rings. The summed E-state index contributed by atoms with van der Waals surface area (Å²) in [6.45, 7) is 2.25. The van der Waals surface area contributed by atoms with Gasteiger partial charge < -0.3 is 9.84 Å². The molecule has 0 radical (unpaired) electrons. The quantitative estimate of drug-likeness (QED) is 0.920. The Hall–Kier alpha value is -2.00. The van der Waals surface area contributed by atoms with Crippen LogP contribution in [-0.2, 0) is 6.61 Å². The van der Waals surface area contributed by atoms with Crippen molar-refractivity contribution in [2.24, 2.45) is 0 Å². The van der Waals surface area contributed by atoms with Gasteiger partial charge in [-0.1, -0.05) is 29.8 Å². The molecule has 0 aliphatic heterocycles. The minimum Gasteiger partial charge on any atom is -0.489 e. The van der Waals surface area contributed by atoms with E-state index in [0.29, 0.717) is 17.4 Å². The third-order valence-electron chi connectivity index (χ3n) is 2.74. The Labute approximate surface area is 116 Å². The molecule has 3 nitrogen and oxygen atoms in total. The Morgan fingerprint density at radius 3 is 2.53 bits per heavy atom. The molecule has 0 fully saturated rings. The highest BCUT2D eigenvalue weighted by atomic mass is 35.5. The van der Waals surface area contributed by atoms with E-state index in [4.69, 9.17) is 21.4 Å². The van der Waals surface area contributed by atoms with Gasteiger partial charge in [0.05, 0.1) is 5.56 Å². The molecule has 4 heteroatoms. The van der Waals surface area contributed by atoms with Gasteiger partial charge in [-0.15, -0.1) is 0 Å². The minimum atomic E-state index is -0.962. The van der Waals surface area contributed by atoms with Gasteiger partial charge in [0.1, 0.15) is 12.4 Å². The van der Waals surface area contributed by atoms with E-state index < -0.39 is 5.97 Å². The predicted molar refractivity (Wildman–Crippen MR) is 73.9 cm³/mol. The van der Waals surface area contributed by atoms with Crippen LogP contribution in [-0.4, -0.2) is 11.1 Å². The van der Waals surface area contributed by atoms with Crippen LogP contribution in [0.2, 0.25) is 5.02 Å². The number of carbonyl (C=O) groups is 1. The molecule has 0 spiro atoms. The monoisotopic (exact) mass is 276 g/mol. The summed E-state index contributed by atoms with van der Waals surface area (Å²) >= 11 is 5.80. The fraction of sp³-hybridized carbons (Fsp3) is 0.133. The Bertz CT molecular complexity index is 591. The van der Waals surface area contributed by atoms with E-state index in [1.807, 2.05) is 19.1 Å². The molecule has 0 unspecified atom stereocenters. The highest BCUT2D eigenvalue weighted by Crippen LogP contribution is 2.21. The largest absolute Gasteiger partial charge is 0.489 e. The molecular formula is C15H13ClO3. The fourth-order valence-corrected chi connectivity index (χ4v) is 1.76. The first kappa shape index (κ1) is 13.4. The van der Waals surface area contributed by atoms with Gasteiger partial charge in [-0.2, -0.15) is 0 Å². The Morgan fingerprint density at radius 1 is 1.21 bits per heavy atom. The zero-order chi connectivity index (χ0) is 13.8. The number of carboxylic acids is 1. The maximum absolute atomic E-state index is 10.9. The number of hydrogen-bond acceptors (Lipinski definition) is 2. The molecule has 2 rings (SSSR count). The zero-order valence-corrected chi connectivity index (χ0v) is 11.1. The summed E-state index contributed by atoms with van der Waals surface area (Å²) in [6.07, 6.45) is 0. The van der Waals surface area contributed by atoms with Crippen molar-refractivity contribution in [2.45, 2.75) is 13.5 Å². The number of benzene rings is 2. The molecule has 0 aliphatic rings. The van der Waals surface area contributed by atoms with E-state index >= 15 is 0 Å². The summed E-state index contributed by atoms with van der Waals surface area (Å²) in [4.78, 5) is 10.9. The van der Waals surface area contributed by atoms with Crippen molar-refractivity contribution in [2.75, 3.05) is 0 Å². The van der Waals surface area contributed by atoms with Gasteiger partial charge in [-0.3, -0.25) is 0 Å². The van der Waals surface area contributed by atoms with Crippen LogP contribution in [0.5, 0.6) is 5.75 Å². The van der Waals surface area contributed by atoms with E-state index in [2.05, 4.69) is 0 Å². The number of halogens is 1. The third-order valence-corrected chi connectivity index (χ3v) is 2.99. The summed E-state index contributed by atoms with van der Waals surface area (Å²) in [5.41, 5.74) is 2.10. The van der Waals surface area contributed by atoms with Gasteiger partial charge in [0, 0.05) is 5.02 Å². The molecule has 0 saturated carbocycles. The molecule has 0 amide bonds. The van der Waals surface area contributed by atoms with Crippen LogP contribution < -0.4 is 4.74 Å². The Kier molecular flexibility index (Phi) is 4.07. The van der Waals surface area contributed by atoms with Gasteiger partial charge in [0.2, 0.25) is 0 Å². The fourth-order valence-electron chi connectivity index (χ4n) is 1.63. The van der Waals surface area contributed by atoms with Crippen molar-refractivity contribution in [1.29, 1.82) is 0 Å². The first-order chi connectivity index (χ1) is 9.06. The van der Waals surface area contributed by atoms with Gasteiger partial charge in [-0.05, 0) is 42.3 Å². The smallest absolute Gasteiger partial charge is 0.335 e. The maximum Gasteiger partial charge on any atom is 0.335 e. The van der Waals surface area contributed by atoms with Crippen molar-refractivity contribution in [3.63, 3.8) is 0 Å². The number of aryl methyl sites for hydroxylation is 1. The second kappa shape index (κ2) is 5.76. The average molecular weight is 277 g/mol. The van der Waals surface area contributed by atoms with E-state index in [9.17, 15) is 4.79 Å². The molecule has 0 saturated heterocycles. The molecular weight excluding hydrogens is 264 g/mol. The van der Waals surface area contributed by atoms with Crippen LogP contribution in [0.4, 0.5) is 0 Å². The molecule has 0 aliphatic carbocycles. The van der Waals surface area contributed by atoms with Crippen molar-refractivity contribution < 1.29 is 14.6 Å². The first-order valence-electron chi connectivity index (χ1n) is 5.77. The van der Waals surface area contributed by atoms with Gasteiger partial charge in [0.25, 0.3) is 0 Å². The summed E-state index contributed by atoms with van der Waals surface area (Å²) in [5, 5.41) is 9.62. The number of rotatable bonds is 4. The van der Waals surface area contributed by atoms with Crippen LogP contribution in [0.25, 0.3) is 0 Å². The van der Waals surface area contributed by atoms with Crippen LogP contribution in [0.3, 0.4) is 0 Å². The highest BCUT2D eigenvalue weighted by molar-refractivity contribution is 6.30.